The lowest BCUT2D eigenvalue weighted by molar-refractivity contribution is 0.115. The number of aliphatic hydroxyl groups is 1. The van der Waals surface area contributed by atoms with E-state index in [0.717, 1.165) is 35.8 Å². The highest BCUT2D eigenvalue weighted by Gasteiger charge is 2.36. The van der Waals surface area contributed by atoms with Gasteiger partial charge in [0, 0.05) is 23.3 Å². The van der Waals surface area contributed by atoms with Crippen molar-refractivity contribution < 1.29 is 5.11 Å². The van der Waals surface area contributed by atoms with Gasteiger partial charge in [0.05, 0.1) is 6.61 Å². The molecular weight excluding hydrogens is 290 g/mol. The third kappa shape index (κ3) is 4.16. The molecule has 4 nitrogen and oxygen atoms in total. The Kier molecular flexibility index (Phi) is 5.84. The van der Waals surface area contributed by atoms with Gasteiger partial charge in [0.15, 0.2) is 4.34 Å². The first-order valence-electron chi connectivity index (χ1n) is 7.44. The Labute approximate surface area is 129 Å². The molecule has 0 aromatic carbocycles. The Balaban J connectivity index is 1.98. The van der Waals surface area contributed by atoms with Crippen LogP contribution in [0.1, 0.15) is 52.3 Å². The number of rotatable bonds is 6. The lowest BCUT2D eigenvalue weighted by atomic mass is 9.81. The summed E-state index contributed by atoms with van der Waals surface area (Å²) >= 11 is 3.35. The summed E-state index contributed by atoms with van der Waals surface area (Å²) in [6.45, 7) is 6.60. The summed E-state index contributed by atoms with van der Waals surface area (Å²) in [5, 5.41) is 13.9. The van der Waals surface area contributed by atoms with Crippen molar-refractivity contribution >= 4 is 23.3 Å². The summed E-state index contributed by atoms with van der Waals surface area (Å²) in [7, 11) is 0. The Bertz CT molecular complexity index is 424. The van der Waals surface area contributed by atoms with E-state index in [1.165, 1.54) is 18.0 Å². The molecule has 1 saturated carbocycles. The number of hydrogen-bond acceptors (Lipinski definition) is 6. The van der Waals surface area contributed by atoms with Crippen LogP contribution in [0.2, 0.25) is 0 Å². The third-order valence-electron chi connectivity index (χ3n) is 3.73. The molecule has 2 unspecified atom stereocenters. The fourth-order valence-corrected chi connectivity index (χ4v) is 5.24. The van der Waals surface area contributed by atoms with Gasteiger partial charge in [0.2, 0.25) is 0 Å². The van der Waals surface area contributed by atoms with Crippen molar-refractivity contribution in [1.82, 2.24) is 14.7 Å². The molecule has 1 aliphatic carbocycles. The van der Waals surface area contributed by atoms with Gasteiger partial charge in [-0.05, 0) is 30.8 Å². The molecule has 0 bridgehead atoms. The standard InChI is InChI=1S/C14H25N3OS2/c1-4-12-15-13(20-17-12)19-11-6-5-7-14(8-11,9-18)16-10(2)3/h10-11,16,18H,4-9H2,1-3H3. The quantitative estimate of drug-likeness (QED) is 0.845. The molecule has 2 atom stereocenters. The van der Waals surface area contributed by atoms with Crippen molar-refractivity contribution in [2.45, 2.75) is 74.0 Å². The Morgan fingerprint density at radius 1 is 1.55 bits per heavy atom. The summed E-state index contributed by atoms with van der Waals surface area (Å²) in [5.74, 6) is 0.946. The van der Waals surface area contributed by atoms with E-state index in [2.05, 4.69) is 35.4 Å². The van der Waals surface area contributed by atoms with Crippen LogP contribution in [0.4, 0.5) is 0 Å². The number of hydrogen-bond donors (Lipinski definition) is 2. The molecule has 0 saturated heterocycles. The molecule has 0 aliphatic heterocycles. The average Bonchev–Trinajstić information content (AvgIpc) is 2.86. The molecule has 1 heterocycles. The third-order valence-corrected chi connectivity index (χ3v) is 5.82. The Morgan fingerprint density at radius 3 is 2.95 bits per heavy atom. The molecule has 0 amide bonds. The van der Waals surface area contributed by atoms with Crippen LogP contribution in [0.25, 0.3) is 0 Å². The highest BCUT2D eigenvalue weighted by atomic mass is 32.2. The number of aryl methyl sites for hydroxylation is 1. The van der Waals surface area contributed by atoms with Crippen molar-refractivity contribution in [3.05, 3.63) is 5.82 Å². The van der Waals surface area contributed by atoms with Gasteiger partial charge < -0.3 is 10.4 Å². The maximum absolute atomic E-state index is 9.82. The van der Waals surface area contributed by atoms with Crippen LogP contribution in [0, 0.1) is 0 Å². The van der Waals surface area contributed by atoms with E-state index in [9.17, 15) is 5.11 Å². The molecule has 6 heteroatoms. The highest BCUT2D eigenvalue weighted by Crippen LogP contribution is 2.38. The lowest BCUT2D eigenvalue weighted by Gasteiger charge is -2.41. The first-order valence-corrected chi connectivity index (χ1v) is 9.10. The van der Waals surface area contributed by atoms with Crippen molar-refractivity contribution in [2.24, 2.45) is 0 Å². The normalized spacial score (nSPS) is 27.1. The minimum Gasteiger partial charge on any atom is -0.394 e. The number of aromatic nitrogens is 2. The molecular formula is C14H25N3OS2. The van der Waals surface area contributed by atoms with E-state index >= 15 is 0 Å². The van der Waals surface area contributed by atoms with Gasteiger partial charge in [-0.2, -0.15) is 4.37 Å². The number of thioether (sulfide) groups is 1. The number of nitrogens with zero attached hydrogens (tertiary/aromatic N) is 2. The van der Waals surface area contributed by atoms with E-state index in [4.69, 9.17) is 0 Å². The van der Waals surface area contributed by atoms with Crippen LogP contribution in [0.5, 0.6) is 0 Å². The number of nitrogens with one attached hydrogen (secondary N) is 1. The van der Waals surface area contributed by atoms with Gasteiger partial charge in [-0.1, -0.05) is 39.0 Å². The maximum atomic E-state index is 9.82. The first-order chi connectivity index (χ1) is 9.57. The molecule has 2 rings (SSSR count). The summed E-state index contributed by atoms with van der Waals surface area (Å²) in [6.07, 6.45) is 5.34. The van der Waals surface area contributed by atoms with Crippen LogP contribution < -0.4 is 5.32 Å². The molecule has 0 spiro atoms. The van der Waals surface area contributed by atoms with Crippen LogP contribution in [-0.4, -0.2) is 37.9 Å². The molecule has 1 aromatic rings. The second-order valence-electron chi connectivity index (χ2n) is 5.90. The molecule has 1 fully saturated rings. The van der Waals surface area contributed by atoms with Crippen LogP contribution in [-0.2, 0) is 6.42 Å². The predicted molar refractivity (Wildman–Crippen MR) is 85.5 cm³/mol. The molecule has 1 aliphatic rings. The van der Waals surface area contributed by atoms with Crippen LogP contribution in [0.15, 0.2) is 4.34 Å². The average molecular weight is 316 g/mol. The highest BCUT2D eigenvalue weighted by molar-refractivity contribution is 8.01. The summed E-state index contributed by atoms with van der Waals surface area (Å²) in [4.78, 5) is 4.54. The van der Waals surface area contributed by atoms with E-state index in [1.54, 1.807) is 0 Å². The number of aliphatic hydroxyl groups excluding tert-OH is 1. The van der Waals surface area contributed by atoms with Gasteiger partial charge in [-0.25, -0.2) is 4.98 Å². The van der Waals surface area contributed by atoms with Gasteiger partial charge in [0.1, 0.15) is 5.82 Å². The summed E-state index contributed by atoms with van der Waals surface area (Å²) in [6, 6.07) is 0.402. The molecule has 0 radical (unpaired) electrons. The summed E-state index contributed by atoms with van der Waals surface area (Å²) in [5.41, 5.74) is -0.109. The van der Waals surface area contributed by atoms with E-state index in [1.807, 2.05) is 11.8 Å². The SMILES string of the molecule is CCc1nsc(SC2CCCC(CO)(NC(C)C)C2)n1. The van der Waals surface area contributed by atoms with Gasteiger partial charge in [-0.3, -0.25) is 0 Å². The predicted octanol–water partition coefficient (Wildman–Crippen LogP) is 2.86. The monoisotopic (exact) mass is 315 g/mol. The molecule has 114 valence electrons. The summed E-state index contributed by atoms with van der Waals surface area (Å²) < 4.78 is 5.42. The molecule has 1 aromatic heterocycles. The van der Waals surface area contributed by atoms with E-state index < -0.39 is 0 Å². The largest absolute Gasteiger partial charge is 0.394 e. The van der Waals surface area contributed by atoms with Crippen LogP contribution in [0.3, 0.4) is 0 Å². The van der Waals surface area contributed by atoms with Gasteiger partial charge in [0.25, 0.3) is 0 Å². The lowest BCUT2D eigenvalue weighted by Crippen LogP contribution is -2.54. The van der Waals surface area contributed by atoms with E-state index in [0.29, 0.717) is 11.3 Å². The molecule has 2 N–H and O–H groups in total. The second kappa shape index (κ2) is 7.20. The zero-order valence-corrected chi connectivity index (χ0v) is 14.2. The van der Waals surface area contributed by atoms with Crippen molar-refractivity contribution in [1.29, 1.82) is 0 Å². The zero-order chi connectivity index (χ0) is 14.6. The fraction of sp³-hybridized carbons (Fsp3) is 0.857. The fourth-order valence-electron chi connectivity index (χ4n) is 2.91. The minimum atomic E-state index is -0.109. The smallest absolute Gasteiger partial charge is 0.170 e. The molecule has 20 heavy (non-hydrogen) atoms. The van der Waals surface area contributed by atoms with Crippen molar-refractivity contribution in [3.63, 3.8) is 0 Å². The van der Waals surface area contributed by atoms with Crippen LogP contribution >= 0.6 is 23.3 Å². The van der Waals surface area contributed by atoms with Gasteiger partial charge >= 0.3 is 0 Å². The zero-order valence-electron chi connectivity index (χ0n) is 12.6. The van der Waals surface area contributed by atoms with Gasteiger partial charge in [-0.15, -0.1) is 0 Å². The maximum Gasteiger partial charge on any atom is 0.170 e. The van der Waals surface area contributed by atoms with Crippen molar-refractivity contribution in [2.75, 3.05) is 6.61 Å². The topological polar surface area (TPSA) is 58.0 Å². The Hall–Kier alpha value is -0.170. The second-order valence-corrected chi connectivity index (χ2v) is 8.20. The van der Waals surface area contributed by atoms with E-state index in [-0.39, 0.29) is 12.1 Å². The first kappa shape index (κ1) is 16.2. The Morgan fingerprint density at radius 2 is 2.35 bits per heavy atom. The van der Waals surface area contributed by atoms with Crippen molar-refractivity contribution in [3.8, 4) is 0 Å². The minimum absolute atomic E-state index is 0.109.